The molecule has 0 radical (unpaired) electrons. The number of hydrogen-bond acceptors (Lipinski definition) is 6. The molecule has 3 N–H and O–H groups in total. The van der Waals surface area contributed by atoms with Crippen molar-refractivity contribution in [3.05, 3.63) is 70.8 Å². The molecule has 2 aromatic rings. The van der Waals surface area contributed by atoms with Crippen molar-refractivity contribution < 1.29 is 33.8 Å². The van der Waals surface area contributed by atoms with Crippen molar-refractivity contribution in [2.24, 2.45) is 0 Å². The Morgan fingerprint density at radius 2 is 1.21 bits per heavy atom. The van der Waals surface area contributed by atoms with Crippen LogP contribution in [-0.4, -0.2) is 50.6 Å². The number of Topliss-reactive ketones (excluding diaryl/α,β-unsaturated/α-hetero) is 2. The van der Waals surface area contributed by atoms with Crippen molar-refractivity contribution in [2.45, 2.75) is 58.2 Å². The maximum absolute atomic E-state index is 12.3. The summed E-state index contributed by atoms with van der Waals surface area (Å²) in [5, 5.41) is 20.0. The minimum atomic E-state index is -3.76. The molecule has 0 heterocycles. The molecular formula is C25H33O7P. The predicted molar refractivity (Wildman–Crippen MR) is 127 cm³/mol. The Hall–Kier alpha value is -2.15. The van der Waals surface area contributed by atoms with E-state index < -0.39 is 30.4 Å². The molecular weight excluding hydrogens is 443 g/mol. The van der Waals surface area contributed by atoms with Gasteiger partial charge in [0, 0.05) is 17.0 Å². The zero-order chi connectivity index (χ0) is 25.0. The van der Waals surface area contributed by atoms with Gasteiger partial charge in [-0.1, -0.05) is 48.5 Å². The summed E-state index contributed by atoms with van der Waals surface area (Å²) in [4.78, 5) is 34.7. The zero-order valence-electron chi connectivity index (χ0n) is 19.7. The van der Waals surface area contributed by atoms with Gasteiger partial charge in [0.1, 0.15) is 11.2 Å². The van der Waals surface area contributed by atoms with Gasteiger partial charge in [-0.15, -0.1) is 0 Å². The normalized spacial score (nSPS) is 14.2. The lowest BCUT2D eigenvalue weighted by molar-refractivity contribution is 0.0487. The van der Waals surface area contributed by atoms with E-state index in [0.29, 0.717) is 17.5 Å². The van der Waals surface area contributed by atoms with Gasteiger partial charge in [0.25, 0.3) is 0 Å². The van der Waals surface area contributed by atoms with Gasteiger partial charge in [-0.3, -0.25) is 14.2 Å². The van der Waals surface area contributed by atoms with Crippen LogP contribution in [0, 0.1) is 0 Å². The Morgan fingerprint density at radius 3 is 1.52 bits per heavy atom. The molecule has 33 heavy (non-hydrogen) atoms. The third kappa shape index (κ3) is 7.42. The Labute approximate surface area is 195 Å². The lowest BCUT2D eigenvalue weighted by Crippen LogP contribution is -2.31. The molecule has 0 saturated carbocycles. The highest BCUT2D eigenvalue weighted by Gasteiger charge is 2.28. The molecule has 7 nitrogen and oxygen atoms in total. The van der Waals surface area contributed by atoms with Crippen molar-refractivity contribution in [1.29, 1.82) is 0 Å². The summed E-state index contributed by atoms with van der Waals surface area (Å²) in [5.41, 5.74) is -0.660. The van der Waals surface area contributed by atoms with Crippen LogP contribution < -0.4 is 0 Å². The van der Waals surface area contributed by atoms with Gasteiger partial charge in [0.2, 0.25) is 0 Å². The summed E-state index contributed by atoms with van der Waals surface area (Å²) in [6, 6.07) is 13.5. The van der Waals surface area contributed by atoms with Gasteiger partial charge in [0.05, 0.1) is 12.8 Å². The van der Waals surface area contributed by atoms with Crippen LogP contribution in [0.15, 0.2) is 48.5 Å². The Kier molecular flexibility index (Phi) is 8.55. The van der Waals surface area contributed by atoms with Gasteiger partial charge in [-0.25, -0.2) is 0 Å². The second-order valence-electron chi connectivity index (χ2n) is 9.14. The van der Waals surface area contributed by atoms with E-state index in [2.05, 4.69) is 0 Å². The first-order valence-electron chi connectivity index (χ1n) is 10.9. The predicted octanol–water partition coefficient (Wildman–Crippen LogP) is 4.34. The molecule has 0 aliphatic rings. The number of carbonyl (C=O) groups is 2. The maximum Gasteiger partial charge on any atom is 0.328 e. The largest absolute Gasteiger partial charge is 0.382 e. The molecule has 2 aromatic carbocycles. The first-order chi connectivity index (χ1) is 15.2. The lowest BCUT2D eigenvalue weighted by Gasteiger charge is -2.22. The number of aliphatic hydroxyl groups is 2. The second kappa shape index (κ2) is 10.4. The third-order valence-electron chi connectivity index (χ3n) is 5.29. The molecule has 0 saturated heterocycles. The van der Waals surface area contributed by atoms with Crippen molar-refractivity contribution >= 4 is 19.2 Å². The summed E-state index contributed by atoms with van der Waals surface area (Å²) < 4.78 is 17.3. The van der Waals surface area contributed by atoms with Crippen molar-refractivity contribution in [3.63, 3.8) is 0 Å². The van der Waals surface area contributed by atoms with Crippen molar-refractivity contribution in [2.75, 3.05) is 12.8 Å². The smallest absolute Gasteiger partial charge is 0.328 e. The van der Waals surface area contributed by atoms with Crippen LogP contribution in [0.3, 0.4) is 0 Å². The van der Waals surface area contributed by atoms with E-state index in [4.69, 9.17) is 4.52 Å². The van der Waals surface area contributed by atoms with E-state index in [-0.39, 0.29) is 18.7 Å². The summed E-state index contributed by atoms with van der Waals surface area (Å²) in [5.74, 6) is -1.11. The number of rotatable bonds is 11. The van der Waals surface area contributed by atoms with Crippen molar-refractivity contribution in [1.82, 2.24) is 0 Å². The molecule has 0 spiro atoms. The Balaban J connectivity index is 2.39. The SMILES string of the molecule is CCOP(=O)(O)CCC(c1ccc(C(=O)C(C)(C)O)cc1)c1ccc(C(=O)C(C)(C)O)cc1. The average Bonchev–Trinajstić information content (AvgIpc) is 2.72. The monoisotopic (exact) mass is 476 g/mol. The van der Waals surface area contributed by atoms with E-state index in [9.17, 15) is 29.3 Å². The summed E-state index contributed by atoms with van der Waals surface area (Å²) in [6.07, 6.45) is 0.228. The molecule has 180 valence electrons. The van der Waals surface area contributed by atoms with Crippen molar-refractivity contribution in [3.8, 4) is 0 Å². The van der Waals surface area contributed by atoms with Crippen LogP contribution >= 0.6 is 7.60 Å². The lowest BCUT2D eigenvalue weighted by atomic mass is 9.86. The van der Waals surface area contributed by atoms with E-state index in [1.165, 1.54) is 27.7 Å². The van der Waals surface area contributed by atoms with Crippen LogP contribution in [-0.2, 0) is 9.09 Å². The van der Waals surface area contributed by atoms with Gasteiger partial charge in [-0.2, -0.15) is 0 Å². The first kappa shape index (κ1) is 27.1. The van der Waals surface area contributed by atoms with Gasteiger partial charge >= 0.3 is 7.60 Å². The van der Waals surface area contributed by atoms with Crippen LogP contribution in [0.1, 0.15) is 78.8 Å². The fourth-order valence-electron chi connectivity index (χ4n) is 3.52. The number of ketones is 2. The summed E-state index contributed by atoms with van der Waals surface area (Å²) >= 11 is 0. The van der Waals surface area contributed by atoms with Crippen LogP contribution in [0.25, 0.3) is 0 Å². The average molecular weight is 477 g/mol. The van der Waals surface area contributed by atoms with E-state index in [1.54, 1.807) is 55.5 Å². The van der Waals surface area contributed by atoms with E-state index in [1.807, 2.05) is 0 Å². The molecule has 0 fully saturated rings. The first-order valence-corrected chi connectivity index (χ1v) is 12.6. The summed E-state index contributed by atoms with van der Waals surface area (Å²) in [6.45, 7) is 7.48. The van der Waals surface area contributed by atoms with Gasteiger partial charge in [0.15, 0.2) is 11.6 Å². The molecule has 0 aliphatic heterocycles. The summed E-state index contributed by atoms with van der Waals surface area (Å²) in [7, 11) is -3.76. The molecule has 0 bridgehead atoms. The van der Waals surface area contributed by atoms with Crippen LogP contribution in [0.4, 0.5) is 0 Å². The molecule has 8 heteroatoms. The zero-order valence-corrected chi connectivity index (χ0v) is 20.6. The van der Waals surface area contributed by atoms with E-state index >= 15 is 0 Å². The highest BCUT2D eigenvalue weighted by molar-refractivity contribution is 7.52. The fraction of sp³-hybridized carbons (Fsp3) is 0.440. The molecule has 0 aromatic heterocycles. The van der Waals surface area contributed by atoms with Crippen LogP contribution in [0.2, 0.25) is 0 Å². The number of hydrogen-bond donors (Lipinski definition) is 3. The minimum Gasteiger partial charge on any atom is -0.382 e. The topological polar surface area (TPSA) is 121 Å². The molecule has 1 unspecified atom stereocenters. The Bertz CT molecular complexity index is 943. The van der Waals surface area contributed by atoms with Gasteiger partial charge in [-0.05, 0) is 52.2 Å². The molecule has 0 amide bonds. The minimum absolute atomic E-state index is 0.0692. The quantitative estimate of drug-likeness (QED) is 0.326. The fourth-order valence-corrected chi connectivity index (χ4v) is 4.64. The second-order valence-corrected chi connectivity index (χ2v) is 11.1. The highest BCUT2D eigenvalue weighted by Crippen LogP contribution is 2.45. The number of carbonyl (C=O) groups excluding carboxylic acids is 2. The van der Waals surface area contributed by atoms with Crippen LogP contribution in [0.5, 0.6) is 0 Å². The molecule has 1 atom stereocenters. The maximum atomic E-state index is 12.3. The highest BCUT2D eigenvalue weighted by atomic mass is 31.2. The molecule has 2 rings (SSSR count). The van der Waals surface area contributed by atoms with Gasteiger partial charge < -0.3 is 19.6 Å². The standard InChI is InChI=1S/C25H33O7P/c1-6-32-33(30,31)16-15-21(17-7-11-19(12-8-17)22(26)24(2,3)28)18-9-13-20(14-10-18)23(27)25(4,5)29/h7-14,21,28-29H,6,15-16H2,1-5H3,(H,30,31). The van der Waals surface area contributed by atoms with E-state index in [0.717, 1.165) is 11.1 Å². The number of benzene rings is 2. The Morgan fingerprint density at radius 1 is 0.848 bits per heavy atom. The molecule has 0 aliphatic carbocycles. The third-order valence-corrected chi connectivity index (χ3v) is 6.78.